The standard InChI is InChI=1S/C46H43N3O10/c1-46(2,3)59-45(55)47(29-32-18-8-4-9-19-32)27-17-16-26-36-30-48(44(54)49(41(36)51)40(50)33-20-10-5-11-21-33)39-28-37(58-43(53)35-24-14-7-15-25-35)38(57-39)31-56-42(52)34-22-12-6-13-23-34/h4-15,18-25,30,37-39H,17,27-29,31H2,1-3H3/t37?,38-,39-/m1/s1. The number of carbonyl (C=O) groups excluding carboxylic acids is 4. The first-order valence-electron chi connectivity index (χ1n) is 19.0. The number of ether oxygens (including phenoxy) is 4. The number of aromatic nitrogens is 2. The van der Waals surface area contributed by atoms with E-state index in [-0.39, 0.29) is 49.2 Å². The van der Waals surface area contributed by atoms with Gasteiger partial charge >= 0.3 is 23.7 Å². The fourth-order valence-electron chi connectivity index (χ4n) is 6.21. The zero-order valence-electron chi connectivity index (χ0n) is 32.8. The van der Waals surface area contributed by atoms with Crippen LogP contribution in [0.3, 0.4) is 0 Å². The smallest absolute Gasteiger partial charge is 0.410 e. The van der Waals surface area contributed by atoms with Gasteiger partial charge in [0.15, 0.2) is 0 Å². The monoisotopic (exact) mass is 797 g/mol. The van der Waals surface area contributed by atoms with Gasteiger partial charge in [0.25, 0.3) is 11.5 Å². The highest BCUT2D eigenvalue weighted by atomic mass is 16.6. The van der Waals surface area contributed by atoms with E-state index < -0.39 is 59.2 Å². The molecule has 0 spiro atoms. The van der Waals surface area contributed by atoms with E-state index in [2.05, 4.69) is 11.8 Å². The van der Waals surface area contributed by atoms with Gasteiger partial charge in [0.05, 0.1) is 11.1 Å². The number of carbonyl (C=O) groups is 4. The van der Waals surface area contributed by atoms with Crippen molar-refractivity contribution in [2.45, 2.75) is 64.2 Å². The van der Waals surface area contributed by atoms with Gasteiger partial charge in [0.1, 0.15) is 36.2 Å². The van der Waals surface area contributed by atoms with Crippen molar-refractivity contribution >= 4 is 23.9 Å². The van der Waals surface area contributed by atoms with Crippen LogP contribution in [-0.2, 0) is 25.5 Å². The third kappa shape index (κ3) is 10.9. The summed E-state index contributed by atoms with van der Waals surface area (Å²) in [5.74, 6) is 3.52. The van der Waals surface area contributed by atoms with E-state index in [1.807, 2.05) is 30.3 Å². The fourth-order valence-corrected chi connectivity index (χ4v) is 6.21. The Kier molecular flexibility index (Phi) is 13.3. The molecule has 59 heavy (non-hydrogen) atoms. The van der Waals surface area contributed by atoms with Crippen LogP contribution < -0.4 is 11.2 Å². The molecule has 13 heteroatoms. The summed E-state index contributed by atoms with van der Waals surface area (Å²) in [5.41, 5.74) is -1.43. The molecule has 0 bridgehead atoms. The number of hydrogen-bond acceptors (Lipinski definition) is 10. The van der Waals surface area contributed by atoms with Crippen LogP contribution in [0, 0.1) is 11.8 Å². The van der Waals surface area contributed by atoms with Gasteiger partial charge in [-0.2, -0.15) is 4.57 Å². The van der Waals surface area contributed by atoms with Crippen molar-refractivity contribution in [2.75, 3.05) is 13.2 Å². The lowest BCUT2D eigenvalue weighted by Gasteiger charge is -2.27. The zero-order chi connectivity index (χ0) is 41.9. The van der Waals surface area contributed by atoms with Crippen molar-refractivity contribution in [1.29, 1.82) is 0 Å². The van der Waals surface area contributed by atoms with E-state index in [4.69, 9.17) is 18.9 Å². The zero-order valence-corrected chi connectivity index (χ0v) is 32.8. The average Bonchev–Trinajstić information content (AvgIpc) is 3.64. The Hall–Kier alpha value is -7.04. The van der Waals surface area contributed by atoms with Gasteiger partial charge in [-0.25, -0.2) is 19.2 Å². The van der Waals surface area contributed by atoms with E-state index in [1.54, 1.807) is 99.6 Å². The largest absolute Gasteiger partial charge is 0.459 e. The first kappa shape index (κ1) is 41.6. The summed E-state index contributed by atoms with van der Waals surface area (Å²) < 4.78 is 24.8. The fraction of sp³-hybridized carbons (Fsp3) is 0.261. The molecular weight excluding hydrogens is 755 g/mol. The van der Waals surface area contributed by atoms with Crippen molar-refractivity contribution in [1.82, 2.24) is 14.0 Å². The molecule has 0 saturated carbocycles. The molecule has 4 aromatic carbocycles. The van der Waals surface area contributed by atoms with Crippen molar-refractivity contribution in [2.24, 2.45) is 0 Å². The molecule has 0 aliphatic carbocycles. The van der Waals surface area contributed by atoms with Crippen LogP contribution in [0.2, 0.25) is 0 Å². The highest BCUT2D eigenvalue weighted by molar-refractivity contribution is 5.95. The van der Waals surface area contributed by atoms with Crippen LogP contribution in [0.5, 0.6) is 0 Å². The Balaban J connectivity index is 1.32. The number of esters is 2. The number of amides is 1. The second kappa shape index (κ2) is 18.9. The average molecular weight is 798 g/mol. The molecule has 1 fully saturated rings. The molecule has 2 heterocycles. The van der Waals surface area contributed by atoms with E-state index in [0.717, 1.165) is 10.1 Å². The van der Waals surface area contributed by atoms with E-state index in [1.165, 1.54) is 23.2 Å². The number of hydrogen-bond donors (Lipinski definition) is 0. The molecular formula is C46H43N3O10. The molecule has 1 aromatic heterocycles. The molecule has 13 nitrogen and oxygen atoms in total. The Morgan fingerprint density at radius 3 is 1.93 bits per heavy atom. The lowest BCUT2D eigenvalue weighted by atomic mass is 10.1. The first-order valence-corrected chi connectivity index (χ1v) is 19.0. The van der Waals surface area contributed by atoms with Crippen LogP contribution in [0.15, 0.2) is 137 Å². The second-order valence-corrected chi connectivity index (χ2v) is 14.6. The number of rotatable bonds is 11. The highest BCUT2D eigenvalue weighted by Crippen LogP contribution is 2.31. The van der Waals surface area contributed by atoms with Crippen LogP contribution in [0.1, 0.15) is 82.0 Å². The normalized spacial score (nSPS) is 15.9. The molecule has 1 aliphatic rings. The maximum Gasteiger partial charge on any atom is 0.410 e. The minimum atomic E-state index is -1.19. The highest BCUT2D eigenvalue weighted by Gasteiger charge is 2.41. The lowest BCUT2D eigenvalue weighted by molar-refractivity contribution is -0.0584. The molecule has 0 radical (unpaired) electrons. The summed E-state index contributed by atoms with van der Waals surface area (Å²) >= 11 is 0. The maximum absolute atomic E-state index is 14.2. The van der Waals surface area contributed by atoms with Gasteiger partial charge in [-0.15, -0.1) is 0 Å². The second-order valence-electron chi connectivity index (χ2n) is 14.6. The van der Waals surface area contributed by atoms with Crippen molar-refractivity contribution in [3.63, 3.8) is 0 Å². The Morgan fingerprint density at radius 1 is 0.780 bits per heavy atom. The molecule has 5 aromatic rings. The first-order chi connectivity index (χ1) is 28.4. The summed E-state index contributed by atoms with van der Waals surface area (Å²) in [6.45, 7) is 5.34. The third-order valence-corrected chi connectivity index (χ3v) is 9.08. The van der Waals surface area contributed by atoms with Crippen LogP contribution in [0.4, 0.5) is 4.79 Å². The van der Waals surface area contributed by atoms with Crippen molar-refractivity contribution < 1.29 is 38.1 Å². The third-order valence-electron chi connectivity index (χ3n) is 9.08. The predicted molar refractivity (Wildman–Crippen MR) is 217 cm³/mol. The molecule has 1 amide bonds. The Morgan fingerprint density at radius 2 is 1.34 bits per heavy atom. The summed E-state index contributed by atoms with van der Waals surface area (Å²) in [5, 5.41) is 0. The quantitative estimate of drug-likeness (QED) is 0.0853. The number of nitrogens with zero attached hydrogens (tertiary/aromatic N) is 3. The maximum atomic E-state index is 14.2. The summed E-state index contributed by atoms with van der Waals surface area (Å²) in [4.78, 5) is 82.7. The summed E-state index contributed by atoms with van der Waals surface area (Å²) in [6, 6.07) is 33.7. The van der Waals surface area contributed by atoms with Gasteiger partial charge in [0.2, 0.25) is 0 Å². The predicted octanol–water partition coefficient (Wildman–Crippen LogP) is 6.25. The molecule has 1 unspecified atom stereocenters. The molecule has 3 atom stereocenters. The number of benzene rings is 4. The topological polar surface area (TPSA) is 152 Å². The molecule has 1 aliphatic heterocycles. The van der Waals surface area contributed by atoms with E-state index in [9.17, 15) is 28.8 Å². The summed E-state index contributed by atoms with van der Waals surface area (Å²) in [7, 11) is 0. The van der Waals surface area contributed by atoms with Gasteiger partial charge < -0.3 is 23.8 Å². The van der Waals surface area contributed by atoms with Crippen LogP contribution >= 0.6 is 0 Å². The molecule has 6 rings (SSSR count). The molecule has 302 valence electrons. The van der Waals surface area contributed by atoms with E-state index in [0.29, 0.717) is 10.1 Å². The van der Waals surface area contributed by atoms with Gasteiger partial charge in [-0.05, 0) is 62.7 Å². The van der Waals surface area contributed by atoms with Crippen LogP contribution in [-0.4, -0.2) is 68.9 Å². The Labute approximate surface area is 340 Å². The van der Waals surface area contributed by atoms with Crippen LogP contribution in [0.25, 0.3) is 0 Å². The Bertz CT molecular complexity index is 2450. The van der Waals surface area contributed by atoms with Gasteiger partial charge in [-0.3, -0.25) is 14.2 Å². The SMILES string of the molecule is CC(C)(C)OC(=O)N(CCC#Cc1cn([C@H]2CC(OC(=O)c3ccccc3)[C@@H](COC(=O)c3ccccc3)O2)c(=O)n(C(=O)c2ccccc2)c1=O)Cc1ccccc1. The van der Waals surface area contributed by atoms with Crippen molar-refractivity contribution in [3.8, 4) is 11.8 Å². The van der Waals surface area contributed by atoms with Crippen molar-refractivity contribution in [3.05, 3.63) is 176 Å². The van der Waals surface area contributed by atoms with E-state index >= 15 is 0 Å². The van der Waals surface area contributed by atoms with Gasteiger partial charge in [0, 0.05) is 37.7 Å². The molecule has 0 N–H and O–H groups in total. The molecule has 1 saturated heterocycles. The minimum absolute atomic E-state index is 0.0741. The minimum Gasteiger partial charge on any atom is -0.459 e. The summed E-state index contributed by atoms with van der Waals surface area (Å²) in [6.07, 6.45) is -2.62. The van der Waals surface area contributed by atoms with Gasteiger partial charge in [-0.1, -0.05) is 96.8 Å². The lowest BCUT2D eigenvalue weighted by Crippen LogP contribution is -2.45.